The normalized spacial score (nSPS) is 10.4. The first kappa shape index (κ1) is 11.4. The van der Waals surface area contributed by atoms with E-state index in [4.69, 9.17) is 0 Å². The van der Waals surface area contributed by atoms with Gasteiger partial charge in [0.05, 0.1) is 0 Å². The molecule has 1 aromatic heterocycles. The number of rotatable bonds is 3. The minimum absolute atomic E-state index is 0.657. The van der Waals surface area contributed by atoms with Gasteiger partial charge in [0.1, 0.15) is 0 Å². The molecule has 1 aromatic carbocycles. The molecule has 0 N–H and O–H groups in total. The molecule has 82 valence electrons. The number of imidazole rings is 1. The maximum Gasteiger partial charge on any atom is 0.172 e. The first-order valence-corrected chi connectivity index (χ1v) is 6.21. The maximum absolute atomic E-state index is 10.7. The predicted molar refractivity (Wildman–Crippen MR) is 66.9 cm³/mol. The number of carbonyl (C=O) groups excluding carboxylic acids is 1. The third-order valence-electron chi connectivity index (χ3n) is 2.08. The van der Waals surface area contributed by atoms with Gasteiger partial charge in [-0.05, 0) is 18.2 Å². The summed E-state index contributed by atoms with van der Waals surface area (Å²) in [6.45, 7) is 0. The van der Waals surface area contributed by atoms with Gasteiger partial charge in [0.25, 0.3) is 0 Å². The van der Waals surface area contributed by atoms with E-state index in [1.807, 2.05) is 29.9 Å². The summed E-state index contributed by atoms with van der Waals surface area (Å²) in [5.41, 5.74) is 0.657. The van der Waals surface area contributed by atoms with Crippen molar-refractivity contribution < 1.29 is 4.79 Å². The van der Waals surface area contributed by atoms with E-state index in [0.717, 1.165) is 20.8 Å². The van der Waals surface area contributed by atoms with Crippen molar-refractivity contribution in [1.29, 1.82) is 0 Å². The molecule has 16 heavy (non-hydrogen) atoms. The van der Waals surface area contributed by atoms with Gasteiger partial charge >= 0.3 is 0 Å². The van der Waals surface area contributed by atoms with Crippen LogP contribution in [0, 0.1) is 0 Å². The summed E-state index contributed by atoms with van der Waals surface area (Å²) >= 11 is 4.92. The molecular formula is C11H9BrN2OS. The average molecular weight is 297 g/mol. The molecule has 0 fully saturated rings. The van der Waals surface area contributed by atoms with Crippen LogP contribution < -0.4 is 0 Å². The van der Waals surface area contributed by atoms with Crippen LogP contribution in [0.5, 0.6) is 0 Å². The van der Waals surface area contributed by atoms with Gasteiger partial charge in [-0.3, -0.25) is 4.79 Å². The Bertz CT molecular complexity index is 524. The van der Waals surface area contributed by atoms with E-state index < -0.39 is 0 Å². The summed E-state index contributed by atoms with van der Waals surface area (Å²) in [5, 5.41) is 0.922. The molecule has 0 unspecified atom stereocenters. The molecule has 3 nitrogen and oxygen atoms in total. The van der Waals surface area contributed by atoms with Crippen molar-refractivity contribution in [2.75, 3.05) is 0 Å². The summed E-state index contributed by atoms with van der Waals surface area (Å²) < 4.78 is 2.76. The Morgan fingerprint density at radius 2 is 2.31 bits per heavy atom. The van der Waals surface area contributed by atoms with Crippen molar-refractivity contribution in [3.8, 4) is 0 Å². The third-order valence-corrected chi connectivity index (χ3v) is 3.84. The summed E-state index contributed by atoms with van der Waals surface area (Å²) in [7, 11) is 1.95. The second-order valence-electron chi connectivity index (χ2n) is 3.22. The van der Waals surface area contributed by atoms with Gasteiger partial charge in [0, 0.05) is 34.4 Å². The second-order valence-corrected chi connectivity index (χ2v) is 5.12. The Balaban J connectivity index is 2.26. The fourth-order valence-corrected chi connectivity index (χ4v) is 2.69. The molecule has 0 aliphatic rings. The molecule has 0 aliphatic carbocycles. The number of nitrogens with zero attached hydrogens (tertiary/aromatic N) is 2. The smallest absolute Gasteiger partial charge is 0.172 e. The van der Waals surface area contributed by atoms with E-state index >= 15 is 0 Å². The Labute approximate surface area is 106 Å². The number of hydrogen-bond acceptors (Lipinski definition) is 3. The number of aldehydes is 1. The number of aryl methyl sites for hydroxylation is 1. The van der Waals surface area contributed by atoms with E-state index in [1.54, 1.807) is 24.0 Å². The van der Waals surface area contributed by atoms with Crippen LogP contribution in [0.4, 0.5) is 0 Å². The van der Waals surface area contributed by atoms with Crippen molar-refractivity contribution in [3.05, 3.63) is 40.6 Å². The topological polar surface area (TPSA) is 34.9 Å². The van der Waals surface area contributed by atoms with Gasteiger partial charge in [-0.15, -0.1) is 0 Å². The molecule has 5 heteroatoms. The highest BCUT2D eigenvalue weighted by molar-refractivity contribution is 9.10. The molecule has 0 bridgehead atoms. The van der Waals surface area contributed by atoms with Crippen LogP contribution in [-0.4, -0.2) is 15.8 Å². The monoisotopic (exact) mass is 296 g/mol. The number of carbonyl (C=O) groups is 1. The van der Waals surface area contributed by atoms with E-state index in [2.05, 4.69) is 20.9 Å². The summed E-state index contributed by atoms with van der Waals surface area (Å²) in [5.74, 6) is 0. The highest BCUT2D eigenvalue weighted by atomic mass is 79.9. The number of benzene rings is 1. The van der Waals surface area contributed by atoms with Crippen molar-refractivity contribution >= 4 is 34.0 Å². The Morgan fingerprint density at radius 1 is 1.50 bits per heavy atom. The zero-order chi connectivity index (χ0) is 11.5. The third kappa shape index (κ3) is 2.36. The van der Waals surface area contributed by atoms with E-state index in [-0.39, 0.29) is 0 Å². The SMILES string of the molecule is Cn1ccnc1Sc1ccc(C=O)c(Br)c1. The Morgan fingerprint density at radius 3 is 2.88 bits per heavy atom. The lowest BCUT2D eigenvalue weighted by Crippen LogP contribution is -1.89. The zero-order valence-electron chi connectivity index (χ0n) is 8.55. The quantitative estimate of drug-likeness (QED) is 0.816. The lowest BCUT2D eigenvalue weighted by molar-refractivity contribution is 0.112. The lowest BCUT2D eigenvalue weighted by atomic mass is 10.2. The minimum Gasteiger partial charge on any atom is -0.329 e. The van der Waals surface area contributed by atoms with Crippen molar-refractivity contribution in [2.45, 2.75) is 10.1 Å². The molecule has 0 spiro atoms. The first-order valence-electron chi connectivity index (χ1n) is 4.60. The fraction of sp³-hybridized carbons (Fsp3) is 0.0909. The summed E-state index contributed by atoms with van der Waals surface area (Å²) in [6.07, 6.45) is 4.49. The molecule has 0 radical (unpaired) electrons. The second kappa shape index (κ2) is 4.84. The van der Waals surface area contributed by atoms with Crippen LogP contribution in [0.25, 0.3) is 0 Å². The van der Waals surface area contributed by atoms with Gasteiger partial charge < -0.3 is 4.57 Å². The molecule has 0 saturated carbocycles. The molecule has 0 atom stereocenters. The fourth-order valence-electron chi connectivity index (χ4n) is 1.22. The Kier molecular flexibility index (Phi) is 3.46. The van der Waals surface area contributed by atoms with E-state index in [0.29, 0.717) is 5.56 Å². The van der Waals surface area contributed by atoms with E-state index in [9.17, 15) is 4.79 Å². The van der Waals surface area contributed by atoms with Gasteiger partial charge in [-0.25, -0.2) is 4.98 Å². The van der Waals surface area contributed by atoms with Crippen molar-refractivity contribution in [3.63, 3.8) is 0 Å². The van der Waals surface area contributed by atoms with Crippen LogP contribution in [0.3, 0.4) is 0 Å². The van der Waals surface area contributed by atoms with Crippen LogP contribution in [0.1, 0.15) is 10.4 Å². The zero-order valence-corrected chi connectivity index (χ0v) is 11.0. The summed E-state index contributed by atoms with van der Waals surface area (Å²) in [4.78, 5) is 15.9. The molecule has 1 heterocycles. The van der Waals surface area contributed by atoms with Gasteiger partial charge in [-0.2, -0.15) is 0 Å². The standard InChI is InChI=1S/C11H9BrN2OS/c1-14-5-4-13-11(14)16-9-3-2-8(7-15)10(12)6-9/h2-7H,1H3. The molecule has 2 aromatic rings. The van der Waals surface area contributed by atoms with Crippen LogP contribution in [-0.2, 0) is 7.05 Å². The van der Waals surface area contributed by atoms with Crippen LogP contribution in [0.2, 0.25) is 0 Å². The lowest BCUT2D eigenvalue weighted by Gasteiger charge is -2.03. The van der Waals surface area contributed by atoms with Gasteiger partial charge in [0.2, 0.25) is 0 Å². The highest BCUT2D eigenvalue weighted by Gasteiger charge is 2.05. The first-order chi connectivity index (χ1) is 7.70. The average Bonchev–Trinajstić information content (AvgIpc) is 2.65. The number of aromatic nitrogens is 2. The highest BCUT2D eigenvalue weighted by Crippen LogP contribution is 2.29. The molecule has 0 aliphatic heterocycles. The largest absolute Gasteiger partial charge is 0.329 e. The molecular weight excluding hydrogens is 288 g/mol. The number of hydrogen-bond donors (Lipinski definition) is 0. The summed E-state index contributed by atoms with van der Waals surface area (Å²) in [6, 6.07) is 5.62. The molecule has 0 saturated heterocycles. The Hall–Kier alpha value is -1.07. The van der Waals surface area contributed by atoms with Crippen LogP contribution >= 0.6 is 27.7 Å². The van der Waals surface area contributed by atoms with Gasteiger partial charge in [-0.1, -0.05) is 27.7 Å². The van der Waals surface area contributed by atoms with Crippen molar-refractivity contribution in [2.24, 2.45) is 7.05 Å². The number of halogens is 1. The maximum atomic E-state index is 10.7. The van der Waals surface area contributed by atoms with E-state index in [1.165, 1.54) is 0 Å². The minimum atomic E-state index is 0.657. The molecule has 0 amide bonds. The van der Waals surface area contributed by atoms with Crippen molar-refractivity contribution in [1.82, 2.24) is 9.55 Å². The van der Waals surface area contributed by atoms with Gasteiger partial charge in [0.15, 0.2) is 11.4 Å². The molecule has 2 rings (SSSR count). The predicted octanol–water partition coefficient (Wildman–Crippen LogP) is 3.15. The van der Waals surface area contributed by atoms with Crippen LogP contribution in [0.15, 0.2) is 45.1 Å².